The van der Waals surface area contributed by atoms with Crippen LogP contribution in [0.5, 0.6) is 0 Å². The number of aliphatic hydroxyl groups is 1. The summed E-state index contributed by atoms with van der Waals surface area (Å²) in [5.41, 5.74) is 2.47. The Bertz CT molecular complexity index is 446. The van der Waals surface area contributed by atoms with Crippen LogP contribution >= 0.6 is 0 Å². The molecule has 21 heavy (non-hydrogen) atoms. The lowest BCUT2D eigenvalue weighted by Crippen LogP contribution is -2.39. The maximum atomic E-state index is 11.8. The molecule has 1 rings (SSSR count). The van der Waals surface area contributed by atoms with E-state index in [2.05, 4.69) is 42.7 Å². The fourth-order valence-corrected chi connectivity index (χ4v) is 2.34. The molecule has 0 aliphatic rings. The number of nitrogens with one attached hydrogen (secondary N) is 2. The number of amides is 2. The van der Waals surface area contributed by atoms with E-state index < -0.39 is 0 Å². The number of aryl methyl sites for hydroxylation is 1. The molecule has 0 aromatic heterocycles. The van der Waals surface area contributed by atoms with Gasteiger partial charge in [-0.25, -0.2) is 4.79 Å². The van der Waals surface area contributed by atoms with Crippen molar-refractivity contribution < 1.29 is 9.90 Å². The van der Waals surface area contributed by atoms with Crippen LogP contribution in [-0.2, 0) is 0 Å². The van der Waals surface area contributed by atoms with Crippen molar-refractivity contribution in [3.05, 3.63) is 35.4 Å². The Labute approximate surface area is 128 Å². The van der Waals surface area contributed by atoms with Crippen molar-refractivity contribution in [3.63, 3.8) is 0 Å². The van der Waals surface area contributed by atoms with Gasteiger partial charge in [-0.3, -0.25) is 0 Å². The van der Waals surface area contributed by atoms with E-state index in [1.165, 1.54) is 11.1 Å². The molecule has 0 aliphatic heterocycles. The van der Waals surface area contributed by atoms with Gasteiger partial charge in [-0.15, -0.1) is 0 Å². The first kappa shape index (κ1) is 17.5. The van der Waals surface area contributed by atoms with E-state index >= 15 is 0 Å². The molecule has 0 heterocycles. The van der Waals surface area contributed by atoms with Crippen LogP contribution < -0.4 is 10.6 Å². The largest absolute Gasteiger partial charge is 0.393 e. The quantitative estimate of drug-likeness (QED) is 0.723. The van der Waals surface area contributed by atoms with Crippen LogP contribution in [0.1, 0.15) is 44.2 Å². The van der Waals surface area contributed by atoms with Crippen LogP contribution in [0.4, 0.5) is 4.79 Å². The molecular weight excluding hydrogens is 264 g/mol. The molecule has 3 N–H and O–H groups in total. The summed E-state index contributed by atoms with van der Waals surface area (Å²) in [5.74, 6) is 0.551. The summed E-state index contributed by atoms with van der Waals surface area (Å²) < 4.78 is 0. The summed E-state index contributed by atoms with van der Waals surface area (Å²) in [4.78, 5) is 11.8. The first-order valence-electron chi connectivity index (χ1n) is 7.64. The molecule has 0 saturated carbocycles. The predicted octanol–water partition coefficient (Wildman–Crippen LogP) is 2.80. The smallest absolute Gasteiger partial charge is 0.314 e. The zero-order valence-electron chi connectivity index (χ0n) is 13.5. The van der Waals surface area contributed by atoms with Gasteiger partial charge in [-0.05, 0) is 37.7 Å². The lowest BCUT2D eigenvalue weighted by atomic mass is 9.99. The minimum absolute atomic E-state index is 0.146. The highest BCUT2D eigenvalue weighted by Crippen LogP contribution is 2.15. The highest BCUT2D eigenvalue weighted by molar-refractivity contribution is 5.73. The number of aliphatic hydroxyl groups excluding tert-OH is 1. The number of benzene rings is 1. The molecule has 118 valence electrons. The molecule has 1 aromatic carbocycles. The fraction of sp³-hybridized carbons (Fsp3) is 0.588. The fourth-order valence-electron chi connectivity index (χ4n) is 2.34. The van der Waals surface area contributed by atoms with Crippen LogP contribution in [0.15, 0.2) is 24.3 Å². The Morgan fingerprint density at radius 2 is 1.86 bits per heavy atom. The molecule has 0 saturated heterocycles. The third-order valence-corrected chi connectivity index (χ3v) is 3.53. The van der Waals surface area contributed by atoms with Crippen LogP contribution in [0.2, 0.25) is 0 Å². The monoisotopic (exact) mass is 292 g/mol. The first-order valence-corrected chi connectivity index (χ1v) is 7.64. The van der Waals surface area contributed by atoms with Gasteiger partial charge in [0.05, 0.1) is 6.10 Å². The van der Waals surface area contributed by atoms with E-state index in [0.29, 0.717) is 19.5 Å². The summed E-state index contributed by atoms with van der Waals surface area (Å²) in [5, 5.41) is 15.0. The minimum Gasteiger partial charge on any atom is -0.393 e. The lowest BCUT2D eigenvalue weighted by molar-refractivity contribution is 0.163. The Hall–Kier alpha value is -1.55. The number of carbonyl (C=O) groups excluding carboxylic acids is 1. The van der Waals surface area contributed by atoms with E-state index in [1.807, 2.05) is 13.0 Å². The molecule has 3 atom stereocenters. The molecule has 0 fully saturated rings. The van der Waals surface area contributed by atoms with Gasteiger partial charge in [-0.1, -0.05) is 43.7 Å². The van der Waals surface area contributed by atoms with Crippen molar-refractivity contribution in [1.29, 1.82) is 0 Å². The normalized spacial score (nSPS) is 15.1. The van der Waals surface area contributed by atoms with E-state index in [4.69, 9.17) is 0 Å². The summed E-state index contributed by atoms with van der Waals surface area (Å²) in [6.07, 6.45) is 0.367. The Balaban J connectivity index is 2.29. The van der Waals surface area contributed by atoms with E-state index in [0.717, 1.165) is 0 Å². The topological polar surface area (TPSA) is 61.4 Å². The Morgan fingerprint density at radius 1 is 1.19 bits per heavy atom. The van der Waals surface area contributed by atoms with Crippen molar-refractivity contribution in [2.75, 3.05) is 13.1 Å². The van der Waals surface area contributed by atoms with Crippen LogP contribution in [-0.4, -0.2) is 30.3 Å². The summed E-state index contributed by atoms with van der Waals surface area (Å²) in [6.45, 7) is 9.14. The summed E-state index contributed by atoms with van der Waals surface area (Å²) in [6, 6.07) is 8.20. The third-order valence-electron chi connectivity index (χ3n) is 3.53. The van der Waals surface area contributed by atoms with Crippen molar-refractivity contribution in [3.8, 4) is 0 Å². The number of carbonyl (C=O) groups is 1. The molecule has 0 radical (unpaired) electrons. The highest BCUT2D eigenvalue weighted by Gasteiger charge is 2.10. The van der Waals surface area contributed by atoms with Gasteiger partial charge in [0.15, 0.2) is 0 Å². The molecule has 0 aliphatic carbocycles. The van der Waals surface area contributed by atoms with E-state index in [-0.39, 0.29) is 24.0 Å². The molecule has 4 heteroatoms. The van der Waals surface area contributed by atoms with Crippen LogP contribution in [0.3, 0.4) is 0 Å². The minimum atomic E-state index is -0.328. The van der Waals surface area contributed by atoms with Gasteiger partial charge in [0.1, 0.15) is 0 Å². The zero-order chi connectivity index (χ0) is 15.8. The lowest BCUT2D eigenvalue weighted by Gasteiger charge is -2.17. The van der Waals surface area contributed by atoms with Gasteiger partial charge in [-0.2, -0.15) is 0 Å². The SMILES string of the molecule is Cc1cccc(C(C)CNC(=O)NCC(C)CC(C)O)c1. The predicted molar refractivity (Wildman–Crippen MR) is 86.5 cm³/mol. The van der Waals surface area contributed by atoms with Gasteiger partial charge in [0.2, 0.25) is 0 Å². The molecule has 0 spiro atoms. The van der Waals surface area contributed by atoms with Gasteiger partial charge in [0, 0.05) is 13.1 Å². The highest BCUT2D eigenvalue weighted by atomic mass is 16.3. The Morgan fingerprint density at radius 3 is 2.48 bits per heavy atom. The van der Waals surface area contributed by atoms with Gasteiger partial charge >= 0.3 is 6.03 Å². The number of urea groups is 1. The average molecular weight is 292 g/mol. The van der Waals surface area contributed by atoms with Gasteiger partial charge < -0.3 is 15.7 Å². The van der Waals surface area contributed by atoms with Gasteiger partial charge in [0.25, 0.3) is 0 Å². The molecule has 3 unspecified atom stereocenters. The van der Waals surface area contributed by atoms with E-state index in [1.54, 1.807) is 6.92 Å². The first-order chi connectivity index (χ1) is 9.88. The number of hydrogen-bond acceptors (Lipinski definition) is 2. The molecule has 2 amide bonds. The second-order valence-electron chi connectivity index (χ2n) is 6.10. The maximum absolute atomic E-state index is 11.8. The van der Waals surface area contributed by atoms with Crippen molar-refractivity contribution in [1.82, 2.24) is 10.6 Å². The van der Waals surface area contributed by atoms with Crippen molar-refractivity contribution in [2.45, 2.75) is 46.1 Å². The van der Waals surface area contributed by atoms with Crippen molar-refractivity contribution in [2.24, 2.45) is 5.92 Å². The van der Waals surface area contributed by atoms with Crippen LogP contribution in [0.25, 0.3) is 0 Å². The molecule has 1 aromatic rings. The number of hydrogen-bond donors (Lipinski definition) is 3. The Kier molecular flexibility index (Phi) is 7.23. The second-order valence-corrected chi connectivity index (χ2v) is 6.10. The molecule has 0 bridgehead atoms. The maximum Gasteiger partial charge on any atom is 0.314 e. The standard InChI is InChI=1S/C17H28N2O2/c1-12-6-5-7-16(9-12)14(3)11-19-17(21)18-10-13(2)8-15(4)20/h5-7,9,13-15,20H,8,10-11H2,1-4H3,(H2,18,19,21). The molecular formula is C17H28N2O2. The van der Waals surface area contributed by atoms with Crippen molar-refractivity contribution >= 4 is 6.03 Å². The average Bonchev–Trinajstić information content (AvgIpc) is 2.41. The third kappa shape index (κ3) is 7.14. The summed E-state index contributed by atoms with van der Waals surface area (Å²) >= 11 is 0. The zero-order valence-corrected chi connectivity index (χ0v) is 13.5. The van der Waals surface area contributed by atoms with Crippen LogP contribution in [0, 0.1) is 12.8 Å². The van der Waals surface area contributed by atoms with E-state index in [9.17, 15) is 9.90 Å². The number of rotatable bonds is 7. The molecule has 4 nitrogen and oxygen atoms in total. The second kappa shape index (κ2) is 8.67. The summed E-state index contributed by atoms with van der Waals surface area (Å²) in [7, 11) is 0.